The molecule has 6 nitrogen and oxygen atoms in total. The van der Waals surface area contributed by atoms with Crippen LogP contribution < -0.4 is 15.2 Å². The third kappa shape index (κ3) is 3.76. The molecule has 0 aliphatic carbocycles. The highest BCUT2D eigenvalue weighted by molar-refractivity contribution is 5.81. The second kappa shape index (κ2) is 7.19. The van der Waals surface area contributed by atoms with Crippen LogP contribution in [0, 0.1) is 0 Å². The number of nitrogens with two attached hydrogens (primary N) is 1. The molecular weight excluding hydrogens is 294 g/mol. The highest BCUT2D eigenvalue weighted by atomic mass is 16.5. The zero-order valence-corrected chi connectivity index (χ0v) is 14.7. The Kier molecular flexibility index (Phi) is 5.49. The molecule has 2 N–H and O–H groups in total. The maximum atomic E-state index is 5.54. The Balaban J connectivity index is 2.50. The molecule has 1 aromatic heterocycles. The van der Waals surface area contributed by atoms with Gasteiger partial charge in [-0.15, -0.1) is 0 Å². The van der Waals surface area contributed by atoms with E-state index in [1.165, 1.54) is 0 Å². The van der Waals surface area contributed by atoms with Crippen LogP contribution in [0.2, 0.25) is 0 Å². The van der Waals surface area contributed by atoms with Gasteiger partial charge in [-0.25, -0.2) is 4.98 Å². The van der Waals surface area contributed by atoms with Crippen molar-refractivity contribution in [3.05, 3.63) is 18.0 Å². The SMILES string of the molecule is COc1cc2nc(C(C)(C)C)n(CCOCCN)c2cc1OC. The van der Waals surface area contributed by atoms with Crippen molar-refractivity contribution >= 4 is 11.0 Å². The van der Waals surface area contributed by atoms with Gasteiger partial charge in [0.05, 0.1) is 38.5 Å². The number of benzene rings is 1. The zero-order valence-electron chi connectivity index (χ0n) is 14.7. The number of ether oxygens (including phenoxy) is 3. The number of rotatable bonds is 7. The monoisotopic (exact) mass is 321 g/mol. The summed E-state index contributed by atoms with van der Waals surface area (Å²) in [7, 11) is 3.27. The fraction of sp³-hybridized carbons (Fsp3) is 0.588. The van der Waals surface area contributed by atoms with E-state index < -0.39 is 0 Å². The van der Waals surface area contributed by atoms with Crippen molar-refractivity contribution in [2.45, 2.75) is 32.7 Å². The Labute approximate surface area is 137 Å². The van der Waals surface area contributed by atoms with Crippen molar-refractivity contribution < 1.29 is 14.2 Å². The molecule has 1 aromatic carbocycles. The van der Waals surface area contributed by atoms with E-state index in [1.807, 2.05) is 12.1 Å². The largest absolute Gasteiger partial charge is 0.493 e. The van der Waals surface area contributed by atoms with E-state index >= 15 is 0 Å². The molecule has 6 heteroatoms. The summed E-state index contributed by atoms with van der Waals surface area (Å²) in [5.74, 6) is 2.40. The van der Waals surface area contributed by atoms with Gasteiger partial charge in [-0.1, -0.05) is 20.8 Å². The molecule has 0 spiro atoms. The maximum absolute atomic E-state index is 5.54. The average molecular weight is 321 g/mol. The lowest BCUT2D eigenvalue weighted by molar-refractivity contribution is 0.133. The number of methoxy groups -OCH3 is 2. The Morgan fingerprint density at radius 3 is 2.30 bits per heavy atom. The topological polar surface area (TPSA) is 71.5 Å². The number of hydrogen-bond donors (Lipinski definition) is 1. The fourth-order valence-electron chi connectivity index (χ4n) is 2.59. The van der Waals surface area contributed by atoms with E-state index in [4.69, 9.17) is 24.9 Å². The molecule has 0 unspecified atom stereocenters. The number of fused-ring (bicyclic) bond motifs is 1. The van der Waals surface area contributed by atoms with Crippen LogP contribution in [0.5, 0.6) is 11.5 Å². The van der Waals surface area contributed by atoms with E-state index in [-0.39, 0.29) is 5.41 Å². The van der Waals surface area contributed by atoms with Gasteiger partial charge in [0, 0.05) is 30.6 Å². The Hall–Kier alpha value is -1.79. The summed E-state index contributed by atoms with van der Waals surface area (Å²) in [6.45, 7) is 8.87. The van der Waals surface area contributed by atoms with Gasteiger partial charge in [-0.3, -0.25) is 0 Å². The minimum atomic E-state index is -0.0760. The van der Waals surface area contributed by atoms with Gasteiger partial charge in [0.1, 0.15) is 5.82 Å². The first-order valence-electron chi connectivity index (χ1n) is 7.83. The van der Waals surface area contributed by atoms with E-state index in [0.29, 0.717) is 31.3 Å². The van der Waals surface area contributed by atoms with Crippen LogP contribution in [0.3, 0.4) is 0 Å². The summed E-state index contributed by atoms with van der Waals surface area (Å²) in [5.41, 5.74) is 7.31. The number of imidazole rings is 1. The van der Waals surface area contributed by atoms with Gasteiger partial charge in [-0.2, -0.15) is 0 Å². The van der Waals surface area contributed by atoms with E-state index in [1.54, 1.807) is 14.2 Å². The van der Waals surface area contributed by atoms with Crippen LogP contribution in [-0.2, 0) is 16.7 Å². The fourth-order valence-corrected chi connectivity index (χ4v) is 2.59. The molecule has 0 saturated heterocycles. The van der Waals surface area contributed by atoms with Gasteiger partial charge in [0.2, 0.25) is 0 Å². The standard InChI is InChI=1S/C17H27N3O3/c1-17(2,3)16-19-12-10-14(21-4)15(22-5)11-13(12)20(16)7-9-23-8-6-18/h10-11H,6-9,18H2,1-5H3. The van der Waals surface area contributed by atoms with Gasteiger partial charge in [-0.05, 0) is 0 Å². The highest BCUT2D eigenvalue weighted by Gasteiger charge is 2.24. The van der Waals surface area contributed by atoms with Crippen LogP contribution >= 0.6 is 0 Å². The first-order valence-corrected chi connectivity index (χ1v) is 7.83. The minimum Gasteiger partial charge on any atom is -0.493 e. The zero-order chi connectivity index (χ0) is 17.0. The summed E-state index contributed by atoms with van der Waals surface area (Å²) in [4.78, 5) is 4.81. The second-order valence-corrected chi connectivity index (χ2v) is 6.43. The molecule has 0 radical (unpaired) electrons. The van der Waals surface area contributed by atoms with Crippen molar-refractivity contribution in [2.75, 3.05) is 34.0 Å². The van der Waals surface area contributed by atoms with Crippen molar-refractivity contribution in [1.29, 1.82) is 0 Å². The molecule has 0 amide bonds. The minimum absolute atomic E-state index is 0.0760. The Morgan fingerprint density at radius 1 is 1.09 bits per heavy atom. The molecular formula is C17H27N3O3. The number of nitrogens with zero attached hydrogens (tertiary/aromatic N) is 2. The molecule has 2 rings (SSSR count). The Bertz CT molecular complexity index is 659. The van der Waals surface area contributed by atoms with E-state index in [9.17, 15) is 0 Å². The first-order chi connectivity index (χ1) is 10.9. The molecule has 1 heterocycles. The van der Waals surface area contributed by atoms with Crippen LogP contribution in [-0.4, -0.2) is 43.5 Å². The summed E-state index contributed by atoms with van der Waals surface area (Å²) in [6.07, 6.45) is 0. The molecule has 2 aromatic rings. The molecule has 0 fully saturated rings. The third-order valence-electron chi connectivity index (χ3n) is 3.65. The molecule has 0 aliphatic heterocycles. The van der Waals surface area contributed by atoms with Crippen molar-refractivity contribution in [3.8, 4) is 11.5 Å². The molecule has 0 saturated carbocycles. The molecule has 0 bridgehead atoms. The predicted molar refractivity (Wildman–Crippen MR) is 91.4 cm³/mol. The van der Waals surface area contributed by atoms with Gasteiger partial charge in [0.25, 0.3) is 0 Å². The molecule has 23 heavy (non-hydrogen) atoms. The van der Waals surface area contributed by atoms with Crippen molar-refractivity contribution in [3.63, 3.8) is 0 Å². The van der Waals surface area contributed by atoms with Crippen LogP contribution in [0.25, 0.3) is 11.0 Å². The lowest BCUT2D eigenvalue weighted by atomic mass is 9.95. The normalized spacial score (nSPS) is 11.9. The van der Waals surface area contributed by atoms with Crippen LogP contribution in [0.1, 0.15) is 26.6 Å². The van der Waals surface area contributed by atoms with Crippen LogP contribution in [0.15, 0.2) is 12.1 Å². The number of hydrogen-bond acceptors (Lipinski definition) is 5. The summed E-state index contributed by atoms with van der Waals surface area (Å²) < 4.78 is 18.5. The lowest BCUT2D eigenvalue weighted by Crippen LogP contribution is -2.21. The second-order valence-electron chi connectivity index (χ2n) is 6.43. The van der Waals surface area contributed by atoms with Gasteiger partial charge < -0.3 is 24.5 Å². The van der Waals surface area contributed by atoms with Gasteiger partial charge >= 0.3 is 0 Å². The summed E-state index contributed by atoms with van der Waals surface area (Å²) in [5, 5.41) is 0. The molecule has 0 atom stereocenters. The van der Waals surface area contributed by atoms with E-state index in [0.717, 1.165) is 23.4 Å². The Morgan fingerprint density at radius 2 is 1.74 bits per heavy atom. The summed E-state index contributed by atoms with van der Waals surface area (Å²) >= 11 is 0. The van der Waals surface area contributed by atoms with Crippen LogP contribution in [0.4, 0.5) is 0 Å². The van der Waals surface area contributed by atoms with Crippen molar-refractivity contribution in [2.24, 2.45) is 5.73 Å². The average Bonchev–Trinajstić information content (AvgIpc) is 2.88. The molecule has 0 aliphatic rings. The van der Waals surface area contributed by atoms with Crippen molar-refractivity contribution in [1.82, 2.24) is 9.55 Å². The first kappa shape index (κ1) is 17.6. The summed E-state index contributed by atoms with van der Waals surface area (Å²) in [6, 6.07) is 3.89. The predicted octanol–water partition coefficient (Wildman–Crippen LogP) is 2.33. The lowest BCUT2D eigenvalue weighted by Gasteiger charge is -2.20. The quantitative estimate of drug-likeness (QED) is 0.793. The number of aromatic nitrogens is 2. The molecule has 128 valence electrons. The van der Waals surface area contributed by atoms with Gasteiger partial charge in [0.15, 0.2) is 11.5 Å². The maximum Gasteiger partial charge on any atom is 0.163 e. The third-order valence-corrected chi connectivity index (χ3v) is 3.65. The smallest absolute Gasteiger partial charge is 0.163 e. The highest BCUT2D eigenvalue weighted by Crippen LogP contribution is 2.34. The van der Waals surface area contributed by atoms with E-state index in [2.05, 4.69) is 25.3 Å².